The minimum absolute atomic E-state index is 0.0593. The zero-order valence-electron chi connectivity index (χ0n) is 14.0. The van der Waals surface area contributed by atoms with E-state index in [1.807, 2.05) is 30.3 Å². The molecule has 130 valence electrons. The van der Waals surface area contributed by atoms with E-state index in [2.05, 4.69) is 10.6 Å². The fourth-order valence-corrected chi connectivity index (χ4v) is 3.50. The fraction of sp³-hybridized carbons (Fsp3) is 0.579. The Morgan fingerprint density at radius 2 is 1.92 bits per heavy atom. The third-order valence-corrected chi connectivity index (χ3v) is 5.30. The van der Waals surface area contributed by atoms with Crippen molar-refractivity contribution in [2.75, 3.05) is 6.54 Å². The molecule has 0 radical (unpaired) electrons. The van der Waals surface area contributed by atoms with Crippen molar-refractivity contribution >= 4 is 12.0 Å². The number of hydrogen-bond donors (Lipinski definition) is 3. The van der Waals surface area contributed by atoms with Crippen LogP contribution in [0.4, 0.5) is 4.79 Å². The second-order valence-electron chi connectivity index (χ2n) is 7.28. The van der Waals surface area contributed by atoms with Crippen LogP contribution in [0, 0.1) is 11.3 Å². The molecule has 0 bridgehead atoms. The minimum Gasteiger partial charge on any atom is -0.481 e. The lowest BCUT2D eigenvalue weighted by Crippen LogP contribution is -2.45. The molecule has 2 aliphatic rings. The monoisotopic (exact) mass is 330 g/mol. The first-order valence-electron chi connectivity index (χ1n) is 8.87. The number of carboxylic acids is 1. The molecule has 5 nitrogen and oxygen atoms in total. The second-order valence-corrected chi connectivity index (χ2v) is 7.28. The van der Waals surface area contributed by atoms with Gasteiger partial charge in [0.15, 0.2) is 0 Å². The first-order valence-corrected chi connectivity index (χ1v) is 8.87. The topological polar surface area (TPSA) is 78.4 Å². The van der Waals surface area contributed by atoms with Gasteiger partial charge in [0.25, 0.3) is 0 Å². The van der Waals surface area contributed by atoms with Crippen LogP contribution >= 0.6 is 0 Å². The summed E-state index contributed by atoms with van der Waals surface area (Å²) < 4.78 is 0. The van der Waals surface area contributed by atoms with Crippen molar-refractivity contribution in [3.8, 4) is 0 Å². The maximum Gasteiger partial charge on any atom is 0.315 e. The molecule has 3 N–H and O–H groups in total. The summed E-state index contributed by atoms with van der Waals surface area (Å²) >= 11 is 0. The van der Waals surface area contributed by atoms with E-state index in [4.69, 9.17) is 5.11 Å². The van der Waals surface area contributed by atoms with E-state index in [1.165, 1.54) is 25.7 Å². The number of carbonyl (C=O) groups excluding carboxylic acids is 1. The van der Waals surface area contributed by atoms with Crippen LogP contribution in [0.1, 0.15) is 44.1 Å². The van der Waals surface area contributed by atoms with E-state index < -0.39 is 5.97 Å². The number of rotatable bonds is 9. The van der Waals surface area contributed by atoms with Crippen molar-refractivity contribution in [2.24, 2.45) is 11.3 Å². The third kappa shape index (κ3) is 4.73. The van der Waals surface area contributed by atoms with Gasteiger partial charge in [0.05, 0.1) is 0 Å². The summed E-state index contributed by atoms with van der Waals surface area (Å²) in [6.07, 6.45) is 6.20. The Bertz CT molecular complexity index is 580. The molecule has 0 heterocycles. The van der Waals surface area contributed by atoms with Crippen molar-refractivity contribution in [2.45, 2.75) is 51.0 Å². The maximum atomic E-state index is 12.2. The van der Waals surface area contributed by atoms with E-state index in [-0.39, 0.29) is 18.5 Å². The Morgan fingerprint density at radius 1 is 1.21 bits per heavy atom. The van der Waals surface area contributed by atoms with Gasteiger partial charge in [0.1, 0.15) is 0 Å². The number of carboxylic acid groups (broad SMARTS) is 1. The van der Waals surface area contributed by atoms with Crippen LogP contribution < -0.4 is 10.6 Å². The molecule has 3 rings (SSSR count). The quantitative estimate of drug-likeness (QED) is 0.651. The average molecular weight is 330 g/mol. The number of carbonyl (C=O) groups is 2. The summed E-state index contributed by atoms with van der Waals surface area (Å²) in [5.41, 5.74) is 1.47. The van der Waals surface area contributed by atoms with Gasteiger partial charge in [-0.05, 0) is 55.4 Å². The smallest absolute Gasteiger partial charge is 0.315 e. The van der Waals surface area contributed by atoms with Gasteiger partial charge in [-0.15, -0.1) is 0 Å². The number of benzene rings is 1. The maximum absolute atomic E-state index is 12.2. The van der Waals surface area contributed by atoms with Crippen LogP contribution in [-0.2, 0) is 11.2 Å². The van der Waals surface area contributed by atoms with Gasteiger partial charge in [-0.3, -0.25) is 4.79 Å². The predicted octanol–water partition coefficient (Wildman–Crippen LogP) is 2.95. The van der Waals surface area contributed by atoms with E-state index in [1.54, 1.807) is 0 Å². The van der Waals surface area contributed by atoms with Crippen molar-refractivity contribution in [3.63, 3.8) is 0 Å². The van der Waals surface area contributed by atoms with Crippen LogP contribution in [0.3, 0.4) is 0 Å². The molecule has 2 fully saturated rings. The standard InChI is InChI=1S/C19H26N2O3/c22-17(23)9-8-16(12-14-4-2-1-3-5-14)21-18(24)20-13-19(10-11-19)15-6-7-15/h1-5,15-16H,6-13H2,(H,22,23)(H2,20,21,24). The highest BCUT2D eigenvalue weighted by Crippen LogP contribution is 2.60. The van der Waals surface area contributed by atoms with E-state index >= 15 is 0 Å². The molecule has 24 heavy (non-hydrogen) atoms. The lowest BCUT2D eigenvalue weighted by atomic mass is 10.0. The molecule has 1 unspecified atom stereocenters. The molecule has 0 spiro atoms. The molecule has 2 aliphatic carbocycles. The number of aliphatic carboxylic acids is 1. The van der Waals surface area contributed by atoms with Gasteiger partial charge < -0.3 is 15.7 Å². The molecule has 1 aromatic rings. The number of nitrogens with one attached hydrogen (secondary N) is 2. The predicted molar refractivity (Wildman–Crippen MR) is 91.7 cm³/mol. The summed E-state index contributed by atoms with van der Waals surface area (Å²) in [7, 11) is 0. The van der Waals surface area contributed by atoms with Crippen molar-refractivity contribution in [1.29, 1.82) is 0 Å². The first kappa shape index (κ1) is 16.8. The number of urea groups is 1. The van der Waals surface area contributed by atoms with Gasteiger partial charge in [0, 0.05) is 19.0 Å². The van der Waals surface area contributed by atoms with Crippen LogP contribution in [-0.4, -0.2) is 29.7 Å². The van der Waals surface area contributed by atoms with E-state index in [0.29, 0.717) is 18.3 Å². The second kappa shape index (κ2) is 7.24. The molecule has 0 aliphatic heterocycles. The number of hydrogen-bond acceptors (Lipinski definition) is 2. The molecule has 1 atom stereocenters. The highest BCUT2D eigenvalue weighted by atomic mass is 16.4. The van der Waals surface area contributed by atoms with Crippen molar-refractivity contribution in [3.05, 3.63) is 35.9 Å². The fourth-order valence-electron chi connectivity index (χ4n) is 3.50. The SMILES string of the molecule is O=C(O)CCC(Cc1ccccc1)NC(=O)NCC1(C2CC2)CC1. The van der Waals surface area contributed by atoms with E-state index in [9.17, 15) is 9.59 Å². The van der Waals surface area contributed by atoms with Crippen molar-refractivity contribution < 1.29 is 14.7 Å². The molecule has 0 aromatic heterocycles. The summed E-state index contributed by atoms with van der Waals surface area (Å²) in [5.74, 6) is -0.0223. The van der Waals surface area contributed by atoms with Crippen LogP contribution in [0.15, 0.2) is 30.3 Å². The summed E-state index contributed by atoms with van der Waals surface area (Å²) in [5, 5.41) is 14.9. The molecule has 5 heteroatoms. The number of amides is 2. The van der Waals surface area contributed by atoms with Gasteiger partial charge in [-0.2, -0.15) is 0 Å². The molecule has 2 saturated carbocycles. The molecule has 2 amide bonds. The zero-order chi connectivity index (χ0) is 17.0. The van der Waals surface area contributed by atoms with E-state index in [0.717, 1.165) is 18.0 Å². The summed E-state index contributed by atoms with van der Waals surface area (Å²) in [4.78, 5) is 23.1. The van der Waals surface area contributed by atoms with Gasteiger partial charge >= 0.3 is 12.0 Å². The first-order chi connectivity index (χ1) is 11.6. The largest absolute Gasteiger partial charge is 0.481 e. The Balaban J connectivity index is 1.49. The lowest BCUT2D eigenvalue weighted by molar-refractivity contribution is -0.137. The Morgan fingerprint density at radius 3 is 2.50 bits per heavy atom. The van der Waals surface area contributed by atoms with Gasteiger partial charge in [0.2, 0.25) is 0 Å². The Labute approximate surface area is 142 Å². The van der Waals surface area contributed by atoms with Crippen molar-refractivity contribution in [1.82, 2.24) is 10.6 Å². The third-order valence-electron chi connectivity index (χ3n) is 5.30. The highest BCUT2D eigenvalue weighted by Gasteiger charge is 2.53. The van der Waals surface area contributed by atoms with Gasteiger partial charge in [-0.1, -0.05) is 30.3 Å². The average Bonchev–Trinajstić information content (AvgIpc) is 3.45. The highest BCUT2D eigenvalue weighted by molar-refractivity contribution is 5.74. The molecular formula is C19H26N2O3. The normalized spacial score (nSPS) is 19.3. The molecule has 1 aromatic carbocycles. The van der Waals surface area contributed by atoms with Crippen LogP contribution in [0.25, 0.3) is 0 Å². The molecule has 0 saturated heterocycles. The summed E-state index contributed by atoms with van der Waals surface area (Å²) in [6.45, 7) is 0.750. The van der Waals surface area contributed by atoms with Crippen LogP contribution in [0.2, 0.25) is 0 Å². The Kier molecular flexibility index (Phi) is 5.07. The zero-order valence-corrected chi connectivity index (χ0v) is 14.0. The molecular weight excluding hydrogens is 304 g/mol. The lowest BCUT2D eigenvalue weighted by Gasteiger charge is -2.21. The Hall–Kier alpha value is -2.04. The van der Waals surface area contributed by atoms with Gasteiger partial charge in [-0.25, -0.2) is 4.79 Å². The minimum atomic E-state index is -0.832. The summed E-state index contributed by atoms with van der Waals surface area (Å²) in [6, 6.07) is 9.52. The van der Waals surface area contributed by atoms with Crippen LogP contribution in [0.5, 0.6) is 0 Å².